The zero-order valence-electron chi connectivity index (χ0n) is 12.6. The molecule has 4 bridgehead atoms. The van der Waals surface area contributed by atoms with Crippen LogP contribution < -0.4 is 10.6 Å². The predicted molar refractivity (Wildman–Crippen MR) is 84.3 cm³/mol. The molecular weight excluding hydrogens is 260 g/mol. The van der Waals surface area contributed by atoms with E-state index in [2.05, 4.69) is 10.6 Å². The van der Waals surface area contributed by atoms with E-state index in [1.165, 1.54) is 32.1 Å². The number of rotatable bonds is 3. The zero-order valence-corrected chi connectivity index (χ0v) is 12.6. The number of anilines is 1. The Morgan fingerprint density at radius 1 is 1.00 bits per heavy atom. The van der Waals surface area contributed by atoms with Crippen molar-refractivity contribution in [3.8, 4) is 0 Å². The molecule has 0 unspecified atom stereocenters. The number of para-hydroxylation sites is 1. The minimum Gasteiger partial charge on any atom is -0.387 e. The second-order valence-electron chi connectivity index (χ2n) is 7.23. The average Bonchev–Trinajstić information content (AvgIpc) is 2.50. The highest BCUT2D eigenvalue weighted by atomic mass is 16.1. The maximum absolute atomic E-state index is 12.7. The maximum atomic E-state index is 12.7. The summed E-state index contributed by atoms with van der Waals surface area (Å²) >= 11 is 0. The lowest BCUT2D eigenvalue weighted by atomic mass is 9.54. The second kappa shape index (κ2) is 5.04. The highest BCUT2D eigenvalue weighted by Crippen LogP contribution is 2.53. The van der Waals surface area contributed by atoms with Crippen molar-refractivity contribution >= 4 is 11.6 Å². The first-order valence-corrected chi connectivity index (χ1v) is 8.32. The van der Waals surface area contributed by atoms with Crippen molar-refractivity contribution < 1.29 is 4.79 Å². The molecule has 0 saturated heterocycles. The summed E-state index contributed by atoms with van der Waals surface area (Å²) in [5.74, 6) is 3.45. The quantitative estimate of drug-likeness (QED) is 0.894. The monoisotopic (exact) mass is 284 g/mol. The second-order valence-corrected chi connectivity index (χ2v) is 7.23. The molecule has 3 heteroatoms. The molecule has 4 aliphatic rings. The molecular formula is C18H24N2O. The lowest BCUT2D eigenvalue weighted by molar-refractivity contribution is -0.0119. The summed E-state index contributed by atoms with van der Waals surface area (Å²) in [6, 6.07) is 8.19. The van der Waals surface area contributed by atoms with Gasteiger partial charge in [-0.15, -0.1) is 0 Å². The third-order valence-electron chi connectivity index (χ3n) is 5.97. The van der Waals surface area contributed by atoms with Gasteiger partial charge in [-0.3, -0.25) is 4.79 Å². The molecule has 0 spiro atoms. The highest BCUT2D eigenvalue weighted by Gasteiger charge is 2.48. The summed E-state index contributed by atoms with van der Waals surface area (Å²) in [7, 11) is 1.87. The predicted octanol–water partition coefficient (Wildman–Crippen LogP) is 3.28. The van der Waals surface area contributed by atoms with Gasteiger partial charge in [-0.1, -0.05) is 12.1 Å². The van der Waals surface area contributed by atoms with Crippen LogP contribution in [0.25, 0.3) is 0 Å². The molecule has 4 saturated carbocycles. The number of amides is 1. The first kappa shape index (κ1) is 13.2. The number of hydrogen-bond donors (Lipinski definition) is 2. The molecule has 1 aromatic carbocycles. The Kier molecular flexibility index (Phi) is 3.16. The number of benzene rings is 1. The molecule has 5 rings (SSSR count). The zero-order chi connectivity index (χ0) is 14.4. The lowest BCUT2D eigenvalue weighted by Gasteiger charge is -2.54. The van der Waals surface area contributed by atoms with E-state index in [1.807, 2.05) is 31.3 Å². The fourth-order valence-corrected chi connectivity index (χ4v) is 5.29. The van der Waals surface area contributed by atoms with Crippen molar-refractivity contribution in [3.63, 3.8) is 0 Å². The molecule has 1 aromatic rings. The number of carbonyl (C=O) groups is 1. The molecule has 112 valence electrons. The van der Waals surface area contributed by atoms with E-state index in [4.69, 9.17) is 0 Å². The van der Waals surface area contributed by atoms with Gasteiger partial charge in [0.05, 0.1) is 5.56 Å². The Hall–Kier alpha value is -1.51. The van der Waals surface area contributed by atoms with Gasteiger partial charge in [-0.05, 0) is 67.9 Å². The van der Waals surface area contributed by atoms with Crippen LogP contribution in [-0.2, 0) is 0 Å². The van der Waals surface area contributed by atoms with Crippen molar-refractivity contribution in [2.24, 2.45) is 23.7 Å². The summed E-state index contributed by atoms with van der Waals surface area (Å²) in [6.07, 6.45) is 6.81. The van der Waals surface area contributed by atoms with Crippen LogP contribution in [0, 0.1) is 23.7 Å². The standard InChI is InChI=1S/C18H24N2O/c1-19-16-5-3-2-4-15(16)18(21)20-17-13-7-11-6-12(9-13)10-14(17)8-11/h2-5,11-14,17,19H,6-10H2,1H3,(H,20,21). The van der Waals surface area contributed by atoms with Gasteiger partial charge < -0.3 is 10.6 Å². The molecule has 4 fully saturated rings. The summed E-state index contributed by atoms with van der Waals surface area (Å²) in [6.45, 7) is 0. The topological polar surface area (TPSA) is 41.1 Å². The molecule has 21 heavy (non-hydrogen) atoms. The van der Waals surface area contributed by atoms with E-state index >= 15 is 0 Å². The van der Waals surface area contributed by atoms with Crippen LogP contribution >= 0.6 is 0 Å². The normalized spacial score (nSPS) is 36.5. The van der Waals surface area contributed by atoms with E-state index in [0.29, 0.717) is 6.04 Å². The van der Waals surface area contributed by atoms with Gasteiger partial charge in [-0.25, -0.2) is 0 Å². The summed E-state index contributed by atoms with van der Waals surface area (Å²) < 4.78 is 0. The first-order valence-electron chi connectivity index (χ1n) is 8.32. The van der Waals surface area contributed by atoms with Crippen LogP contribution in [0.4, 0.5) is 5.69 Å². The molecule has 0 aromatic heterocycles. The maximum Gasteiger partial charge on any atom is 0.253 e. The van der Waals surface area contributed by atoms with Gasteiger partial charge in [0.15, 0.2) is 0 Å². The Morgan fingerprint density at radius 3 is 2.24 bits per heavy atom. The SMILES string of the molecule is CNc1ccccc1C(=O)NC1C2CC3CC(C2)CC1C3. The minimum atomic E-state index is 0.0948. The Balaban J connectivity index is 1.52. The largest absolute Gasteiger partial charge is 0.387 e. The van der Waals surface area contributed by atoms with E-state index in [9.17, 15) is 4.79 Å². The van der Waals surface area contributed by atoms with Crippen LogP contribution in [0.2, 0.25) is 0 Å². The van der Waals surface area contributed by atoms with Crippen molar-refractivity contribution in [2.45, 2.75) is 38.1 Å². The molecule has 0 aliphatic heterocycles. The Morgan fingerprint density at radius 2 is 1.62 bits per heavy atom. The van der Waals surface area contributed by atoms with E-state index < -0.39 is 0 Å². The molecule has 4 aliphatic carbocycles. The van der Waals surface area contributed by atoms with Crippen LogP contribution in [-0.4, -0.2) is 19.0 Å². The molecule has 0 heterocycles. The fraction of sp³-hybridized carbons (Fsp3) is 0.611. The fourth-order valence-electron chi connectivity index (χ4n) is 5.29. The van der Waals surface area contributed by atoms with Crippen LogP contribution in [0.5, 0.6) is 0 Å². The van der Waals surface area contributed by atoms with Gasteiger partial charge >= 0.3 is 0 Å². The van der Waals surface area contributed by atoms with Gasteiger partial charge in [0.25, 0.3) is 5.91 Å². The molecule has 3 nitrogen and oxygen atoms in total. The van der Waals surface area contributed by atoms with Crippen molar-refractivity contribution in [1.29, 1.82) is 0 Å². The number of nitrogens with one attached hydrogen (secondary N) is 2. The van der Waals surface area contributed by atoms with Gasteiger partial charge in [-0.2, -0.15) is 0 Å². The van der Waals surface area contributed by atoms with Crippen LogP contribution in [0.15, 0.2) is 24.3 Å². The highest BCUT2D eigenvalue weighted by molar-refractivity contribution is 5.99. The van der Waals surface area contributed by atoms with Crippen molar-refractivity contribution in [3.05, 3.63) is 29.8 Å². The Labute approximate surface area is 126 Å². The van der Waals surface area contributed by atoms with Gasteiger partial charge in [0.2, 0.25) is 0 Å². The summed E-state index contributed by atoms with van der Waals surface area (Å²) in [5.41, 5.74) is 1.69. The first-order chi connectivity index (χ1) is 10.2. The summed E-state index contributed by atoms with van der Waals surface area (Å²) in [5, 5.41) is 6.49. The lowest BCUT2D eigenvalue weighted by Crippen LogP contribution is -2.55. The third kappa shape index (κ3) is 2.23. The van der Waals surface area contributed by atoms with E-state index in [0.717, 1.165) is 34.9 Å². The molecule has 0 radical (unpaired) electrons. The van der Waals surface area contributed by atoms with E-state index in [-0.39, 0.29) is 5.91 Å². The smallest absolute Gasteiger partial charge is 0.253 e. The van der Waals surface area contributed by atoms with Gasteiger partial charge in [0.1, 0.15) is 0 Å². The van der Waals surface area contributed by atoms with Crippen LogP contribution in [0.3, 0.4) is 0 Å². The van der Waals surface area contributed by atoms with Crippen LogP contribution in [0.1, 0.15) is 42.5 Å². The average molecular weight is 284 g/mol. The number of carbonyl (C=O) groups excluding carboxylic acids is 1. The van der Waals surface area contributed by atoms with E-state index in [1.54, 1.807) is 0 Å². The molecule has 1 amide bonds. The molecule has 2 N–H and O–H groups in total. The summed E-state index contributed by atoms with van der Waals surface area (Å²) in [4.78, 5) is 12.7. The third-order valence-corrected chi connectivity index (χ3v) is 5.97. The Bertz CT molecular complexity index is 526. The number of hydrogen-bond acceptors (Lipinski definition) is 2. The minimum absolute atomic E-state index is 0.0948. The molecule has 0 atom stereocenters. The van der Waals surface area contributed by atoms with Crippen molar-refractivity contribution in [1.82, 2.24) is 5.32 Å². The van der Waals surface area contributed by atoms with Crippen molar-refractivity contribution in [2.75, 3.05) is 12.4 Å². The van der Waals surface area contributed by atoms with Gasteiger partial charge in [0, 0.05) is 18.8 Å².